The summed E-state index contributed by atoms with van der Waals surface area (Å²) < 4.78 is 2.48. The molecule has 4 aromatic rings. The fourth-order valence-electron chi connectivity index (χ4n) is 3.69. The first-order valence-electron chi connectivity index (χ1n) is 9.50. The maximum Gasteiger partial charge on any atom is 0.223 e. The number of nitrogens with zero attached hydrogens (tertiary/aromatic N) is 1. The Bertz CT molecular complexity index is 1210. The Balaban J connectivity index is 1.87. The van der Waals surface area contributed by atoms with Crippen LogP contribution >= 0.6 is 22.9 Å². The predicted octanol–water partition coefficient (Wildman–Crippen LogP) is 6.98. The number of thiophene rings is 1. The first-order chi connectivity index (χ1) is 14.0. The van der Waals surface area contributed by atoms with Crippen molar-refractivity contribution < 1.29 is 4.79 Å². The number of carbonyl (C=O) groups is 1. The summed E-state index contributed by atoms with van der Waals surface area (Å²) in [5, 5.41) is 3.17. The number of allylic oxidation sites excluding steroid dienone is 1. The van der Waals surface area contributed by atoms with Gasteiger partial charge in [-0.2, -0.15) is 0 Å². The number of hydrogen-bond donors (Lipinski definition) is 0. The fourth-order valence-corrected chi connectivity index (χ4v) is 5.08. The van der Waals surface area contributed by atoms with E-state index in [1.807, 2.05) is 24.3 Å². The van der Waals surface area contributed by atoms with Crippen LogP contribution in [0.1, 0.15) is 23.5 Å². The molecule has 0 bridgehead atoms. The van der Waals surface area contributed by atoms with Crippen LogP contribution < -0.4 is 0 Å². The number of hydrogen-bond acceptors (Lipinski definition) is 2. The molecule has 1 aromatic heterocycles. The van der Waals surface area contributed by atoms with Gasteiger partial charge >= 0.3 is 0 Å². The third-order valence-electron chi connectivity index (χ3n) is 5.32. The molecule has 0 saturated heterocycles. The molecule has 4 rings (SSSR count). The fraction of sp³-hybridized carbons (Fsp3) is 0.160. The van der Waals surface area contributed by atoms with Crippen molar-refractivity contribution in [2.75, 3.05) is 14.1 Å². The Kier molecular flexibility index (Phi) is 5.44. The standard InChI is InChI=1S/C25H22ClNOS/c1-16(17-11-13-18(26)14-12-17)22(15-24(28)27(2)3)21-9-6-8-20-19-7-4-5-10-23(19)29-25(20)21/h4-14,22H,1,15H2,2-3H3. The first-order valence-corrected chi connectivity index (χ1v) is 10.7. The second-order valence-electron chi connectivity index (χ2n) is 7.40. The van der Waals surface area contributed by atoms with E-state index in [9.17, 15) is 4.79 Å². The van der Waals surface area contributed by atoms with Gasteiger partial charge in [-0.3, -0.25) is 4.79 Å². The van der Waals surface area contributed by atoms with Crippen LogP contribution in [0.2, 0.25) is 5.02 Å². The van der Waals surface area contributed by atoms with Crippen molar-refractivity contribution >= 4 is 54.6 Å². The largest absolute Gasteiger partial charge is 0.349 e. The highest BCUT2D eigenvalue weighted by Crippen LogP contribution is 2.43. The minimum Gasteiger partial charge on any atom is -0.349 e. The van der Waals surface area contributed by atoms with Crippen LogP contribution in [0, 0.1) is 0 Å². The summed E-state index contributed by atoms with van der Waals surface area (Å²) in [6.45, 7) is 4.40. The number of amides is 1. The van der Waals surface area contributed by atoms with E-state index < -0.39 is 0 Å². The van der Waals surface area contributed by atoms with Gasteiger partial charge in [0.05, 0.1) is 0 Å². The van der Waals surface area contributed by atoms with Gasteiger partial charge in [0.15, 0.2) is 0 Å². The number of carbonyl (C=O) groups excluding carboxylic acids is 1. The summed E-state index contributed by atoms with van der Waals surface area (Å²) in [7, 11) is 3.59. The summed E-state index contributed by atoms with van der Waals surface area (Å²) in [6.07, 6.45) is 0.377. The summed E-state index contributed by atoms with van der Waals surface area (Å²) >= 11 is 7.85. The number of fused-ring (bicyclic) bond motifs is 3. The van der Waals surface area contributed by atoms with Crippen LogP contribution in [0.25, 0.3) is 25.7 Å². The van der Waals surface area contributed by atoms with Crippen LogP contribution in [0.3, 0.4) is 0 Å². The summed E-state index contributed by atoms with van der Waals surface area (Å²) in [4.78, 5) is 14.3. The van der Waals surface area contributed by atoms with Gasteiger partial charge in [0.2, 0.25) is 5.91 Å². The summed E-state index contributed by atoms with van der Waals surface area (Å²) in [6, 6.07) is 22.5. The molecule has 0 saturated carbocycles. The average Bonchev–Trinajstić information content (AvgIpc) is 3.11. The first kappa shape index (κ1) is 19.7. The van der Waals surface area contributed by atoms with Crippen LogP contribution in [0.5, 0.6) is 0 Å². The van der Waals surface area contributed by atoms with Crippen molar-refractivity contribution in [3.8, 4) is 0 Å². The van der Waals surface area contributed by atoms with Gasteiger partial charge in [0, 0.05) is 51.6 Å². The molecule has 0 N–H and O–H groups in total. The molecule has 1 atom stereocenters. The average molecular weight is 420 g/mol. The molecular formula is C25H22ClNOS. The van der Waals surface area contributed by atoms with Crippen LogP contribution in [-0.2, 0) is 4.79 Å². The SMILES string of the molecule is C=C(c1ccc(Cl)cc1)C(CC(=O)N(C)C)c1cccc2c1sc1ccccc12. The van der Waals surface area contributed by atoms with E-state index >= 15 is 0 Å². The van der Waals surface area contributed by atoms with Gasteiger partial charge in [-0.15, -0.1) is 11.3 Å². The molecule has 2 nitrogen and oxygen atoms in total. The molecule has 0 spiro atoms. The van der Waals surface area contributed by atoms with Crippen LogP contribution in [0.15, 0.2) is 73.3 Å². The Hall–Kier alpha value is -2.62. The van der Waals surface area contributed by atoms with Gasteiger partial charge in [-0.25, -0.2) is 0 Å². The lowest BCUT2D eigenvalue weighted by Gasteiger charge is -2.23. The van der Waals surface area contributed by atoms with Crippen LogP contribution in [0.4, 0.5) is 0 Å². The molecule has 1 unspecified atom stereocenters. The zero-order valence-electron chi connectivity index (χ0n) is 16.5. The van der Waals surface area contributed by atoms with E-state index in [1.54, 1.807) is 30.3 Å². The Labute approximate surface area is 180 Å². The van der Waals surface area contributed by atoms with Crippen molar-refractivity contribution in [1.29, 1.82) is 0 Å². The maximum absolute atomic E-state index is 12.7. The second-order valence-corrected chi connectivity index (χ2v) is 8.89. The third-order valence-corrected chi connectivity index (χ3v) is 6.81. The van der Waals surface area contributed by atoms with E-state index in [4.69, 9.17) is 11.6 Å². The minimum absolute atomic E-state index is 0.0863. The minimum atomic E-state index is -0.108. The quantitative estimate of drug-likeness (QED) is 0.341. The van der Waals surface area contributed by atoms with Gasteiger partial charge in [-0.1, -0.05) is 66.7 Å². The molecule has 1 heterocycles. The molecule has 0 aliphatic heterocycles. The van der Waals surface area contributed by atoms with Crippen molar-refractivity contribution in [1.82, 2.24) is 4.90 Å². The summed E-state index contributed by atoms with van der Waals surface area (Å²) in [5.74, 6) is -0.0222. The Morgan fingerprint density at radius 2 is 1.69 bits per heavy atom. The van der Waals surface area contributed by atoms with Crippen molar-refractivity contribution in [2.24, 2.45) is 0 Å². The lowest BCUT2D eigenvalue weighted by molar-refractivity contribution is -0.128. The highest BCUT2D eigenvalue weighted by atomic mass is 35.5. The van der Waals surface area contributed by atoms with Gasteiger partial charge in [0.25, 0.3) is 0 Å². The number of benzene rings is 3. The topological polar surface area (TPSA) is 20.3 Å². The summed E-state index contributed by atoms with van der Waals surface area (Å²) in [5.41, 5.74) is 3.09. The van der Waals surface area contributed by atoms with E-state index in [1.165, 1.54) is 20.2 Å². The van der Waals surface area contributed by atoms with Crippen molar-refractivity contribution in [3.63, 3.8) is 0 Å². The Morgan fingerprint density at radius 1 is 1.00 bits per heavy atom. The highest BCUT2D eigenvalue weighted by molar-refractivity contribution is 7.26. The van der Waals surface area contributed by atoms with Gasteiger partial charge < -0.3 is 4.90 Å². The lowest BCUT2D eigenvalue weighted by atomic mass is 9.84. The van der Waals surface area contributed by atoms with Gasteiger partial charge in [0.1, 0.15) is 0 Å². The van der Waals surface area contributed by atoms with Crippen LogP contribution in [-0.4, -0.2) is 24.9 Å². The smallest absolute Gasteiger partial charge is 0.223 e. The molecule has 0 radical (unpaired) electrons. The normalized spacial score (nSPS) is 12.2. The highest BCUT2D eigenvalue weighted by Gasteiger charge is 2.24. The van der Waals surface area contributed by atoms with Crippen molar-refractivity contribution in [3.05, 3.63) is 89.5 Å². The van der Waals surface area contributed by atoms with E-state index in [-0.39, 0.29) is 11.8 Å². The molecule has 0 aliphatic carbocycles. The van der Waals surface area contributed by atoms with E-state index in [0.717, 1.165) is 16.7 Å². The number of rotatable bonds is 5. The maximum atomic E-state index is 12.7. The molecule has 0 fully saturated rings. The molecule has 146 valence electrons. The molecule has 0 aliphatic rings. The lowest BCUT2D eigenvalue weighted by Crippen LogP contribution is -2.24. The number of halogens is 1. The Morgan fingerprint density at radius 3 is 2.41 bits per heavy atom. The van der Waals surface area contributed by atoms with Crippen molar-refractivity contribution in [2.45, 2.75) is 12.3 Å². The molecule has 1 amide bonds. The zero-order chi connectivity index (χ0) is 20.5. The zero-order valence-corrected chi connectivity index (χ0v) is 18.1. The predicted molar refractivity (Wildman–Crippen MR) is 126 cm³/mol. The molecule has 29 heavy (non-hydrogen) atoms. The van der Waals surface area contributed by atoms with Gasteiger partial charge in [-0.05, 0) is 34.9 Å². The third kappa shape index (κ3) is 3.81. The second kappa shape index (κ2) is 8.02. The van der Waals surface area contributed by atoms with E-state index in [0.29, 0.717) is 11.4 Å². The molecule has 3 aromatic carbocycles. The molecule has 4 heteroatoms. The molecular weight excluding hydrogens is 398 g/mol. The monoisotopic (exact) mass is 419 g/mol. The van der Waals surface area contributed by atoms with E-state index in [2.05, 4.69) is 49.0 Å².